The van der Waals surface area contributed by atoms with Crippen LogP contribution in [0.2, 0.25) is 0 Å². The van der Waals surface area contributed by atoms with Gasteiger partial charge in [-0.1, -0.05) is 54.2 Å². The standard InChI is InChI=1S/C26H23N3O4S2/c1-3-11-29-25(31)22-19(18-7-5-4-6-8-18)14-34-24(22)28-26(29)35-16(2)23(30)27-13-17-9-10-20-21(12-17)33-15-32-20/h3-10,12,14,16H,1,11,13,15H2,2H3,(H,27,30)/t16-/m0/s1. The second-order valence-corrected chi connectivity index (χ2v) is 10.1. The van der Waals surface area contributed by atoms with Crippen molar-refractivity contribution in [2.45, 2.75) is 30.4 Å². The first-order valence-electron chi connectivity index (χ1n) is 11.1. The average Bonchev–Trinajstić information content (AvgIpc) is 3.52. The van der Waals surface area contributed by atoms with Gasteiger partial charge < -0.3 is 14.8 Å². The summed E-state index contributed by atoms with van der Waals surface area (Å²) in [4.78, 5) is 31.8. The fraction of sp³-hybridized carbons (Fsp3) is 0.192. The van der Waals surface area contributed by atoms with Crippen LogP contribution < -0.4 is 20.3 Å². The van der Waals surface area contributed by atoms with E-state index >= 15 is 0 Å². The number of benzene rings is 2. The van der Waals surface area contributed by atoms with Crippen molar-refractivity contribution in [3.63, 3.8) is 0 Å². The summed E-state index contributed by atoms with van der Waals surface area (Å²) in [6, 6.07) is 15.4. The summed E-state index contributed by atoms with van der Waals surface area (Å²) in [6.07, 6.45) is 1.66. The highest BCUT2D eigenvalue weighted by molar-refractivity contribution is 8.00. The Morgan fingerprint density at radius 3 is 2.86 bits per heavy atom. The van der Waals surface area contributed by atoms with Crippen LogP contribution in [-0.2, 0) is 17.9 Å². The van der Waals surface area contributed by atoms with Crippen molar-refractivity contribution in [2.75, 3.05) is 6.79 Å². The van der Waals surface area contributed by atoms with Gasteiger partial charge >= 0.3 is 0 Å². The minimum absolute atomic E-state index is 0.134. The van der Waals surface area contributed by atoms with E-state index in [1.54, 1.807) is 17.6 Å². The maximum atomic E-state index is 13.5. The molecule has 0 saturated carbocycles. The number of rotatable bonds is 8. The molecule has 4 aromatic rings. The van der Waals surface area contributed by atoms with E-state index in [0.717, 1.165) is 16.7 Å². The first-order chi connectivity index (χ1) is 17.0. The molecule has 2 aromatic heterocycles. The third-order valence-electron chi connectivity index (χ3n) is 5.61. The quantitative estimate of drug-likeness (QED) is 0.210. The molecule has 1 aliphatic rings. The number of hydrogen-bond acceptors (Lipinski definition) is 7. The zero-order chi connectivity index (χ0) is 24.4. The van der Waals surface area contributed by atoms with E-state index in [4.69, 9.17) is 14.5 Å². The molecule has 0 spiro atoms. The molecule has 0 aliphatic carbocycles. The van der Waals surface area contributed by atoms with Crippen LogP contribution in [0, 0.1) is 0 Å². The Kier molecular flexibility index (Phi) is 6.61. The highest BCUT2D eigenvalue weighted by Gasteiger charge is 2.22. The van der Waals surface area contributed by atoms with Gasteiger partial charge in [0.2, 0.25) is 12.7 Å². The molecule has 1 aliphatic heterocycles. The summed E-state index contributed by atoms with van der Waals surface area (Å²) < 4.78 is 12.3. The first kappa shape index (κ1) is 23.2. The number of allylic oxidation sites excluding steroid dienone is 1. The molecule has 0 radical (unpaired) electrons. The molecule has 178 valence electrons. The highest BCUT2D eigenvalue weighted by atomic mass is 32.2. The van der Waals surface area contributed by atoms with Crippen LogP contribution >= 0.6 is 23.1 Å². The lowest BCUT2D eigenvalue weighted by molar-refractivity contribution is -0.120. The molecule has 0 bridgehead atoms. The van der Waals surface area contributed by atoms with Gasteiger partial charge in [-0.2, -0.15) is 0 Å². The lowest BCUT2D eigenvalue weighted by Gasteiger charge is -2.15. The molecule has 3 heterocycles. The molecule has 1 N–H and O–H groups in total. The van der Waals surface area contributed by atoms with E-state index in [1.807, 2.05) is 53.9 Å². The van der Waals surface area contributed by atoms with E-state index in [-0.39, 0.29) is 18.3 Å². The zero-order valence-corrected chi connectivity index (χ0v) is 20.7. The highest BCUT2D eigenvalue weighted by Crippen LogP contribution is 2.34. The number of amides is 1. The summed E-state index contributed by atoms with van der Waals surface area (Å²) in [5, 5.41) is 5.54. The Morgan fingerprint density at radius 1 is 1.26 bits per heavy atom. The second kappa shape index (κ2) is 9.97. The molecule has 2 aromatic carbocycles. The van der Waals surface area contributed by atoms with Crippen LogP contribution in [0.4, 0.5) is 0 Å². The molecular formula is C26H23N3O4S2. The van der Waals surface area contributed by atoms with Crippen molar-refractivity contribution in [1.82, 2.24) is 14.9 Å². The summed E-state index contributed by atoms with van der Waals surface area (Å²) in [5.74, 6) is 1.23. The molecule has 35 heavy (non-hydrogen) atoms. The van der Waals surface area contributed by atoms with Gasteiger partial charge in [0.25, 0.3) is 5.56 Å². The molecule has 1 atom stereocenters. The summed E-state index contributed by atoms with van der Waals surface area (Å²) in [5.41, 5.74) is 2.62. The molecular weight excluding hydrogens is 482 g/mol. The van der Waals surface area contributed by atoms with Crippen LogP contribution in [0.1, 0.15) is 12.5 Å². The van der Waals surface area contributed by atoms with Crippen molar-refractivity contribution >= 4 is 39.2 Å². The Labute approximate surface area is 210 Å². The first-order valence-corrected chi connectivity index (χ1v) is 12.8. The summed E-state index contributed by atoms with van der Waals surface area (Å²) >= 11 is 2.69. The van der Waals surface area contributed by atoms with Gasteiger partial charge in [-0.15, -0.1) is 17.9 Å². The number of nitrogens with zero attached hydrogens (tertiary/aromatic N) is 2. The molecule has 0 saturated heterocycles. The molecule has 0 unspecified atom stereocenters. The van der Waals surface area contributed by atoms with Gasteiger partial charge in [-0.05, 0) is 30.2 Å². The Bertz CT molecular complexity index is 1460. The SMILES string of the molecule is C=CCn1c(S[C@@H](C)C(=O)NCc2ccc3c(c2)OCO3)nc2scc(-c3ccccc3)c2c1=O. The van der Waals surface area contributed by atoms with E-state index in [9.17, 15) is 9.59 Å². The van der Waals surface area contributed by atoms with Crippen molar-refractivity contribution in [3.05, 3.63) is 82.5 Å². The number of carbonyl (C=O) groups excluding carboxylic acids is 1. The molecule has 1 amide bonds. The number of fused-ring (bicyclic) bond motifs is 2. The largest absolute Gasteiger partial charge is 0.454 e. The summed E-state index contributed by atoms with van der Waals surface area (Å²) in [6.45, 7) is 6.47. The van der Waals surface area contributed by atoms with Gasteiger partial charge in [0.05, 0.1) is 10.6 Å². The Hall–Kier alpha value is -3.56. The topological polar surface area (TPSA) is 82.5 Å². The fourth-order valence-corrected chi connectivity index (χ4v) is 5.74. The number of aromatic nitrogens is 2. The maximum Gasteiger partial charge on any atom is 0.263 e. The smallest absolute Gasteiger partial charge is 0.263 e. The zero-order valence-electron chi connectivity index (χ0n) is 19.0. The van der Waals surface area contributed by atoms with E-state index in [1.165, 1.54) is 23.1 Å². The van der Waals surface area contributed by atoms with Gasteiger partial charge in [0.1, 0.15) is 4.83 Å². The van der Waals surface area contributed by atoms with Crippen LogP contribution in [-0.4, -0.2) is 27.5 Å². The van der Waals surface area contributed by atoms with Crippen molar-refractivity contribution < 1.29 is 14.3 Å². The maximum absolute atomic E-state index is 13.5. The monoisotopic (exact) mass is 505 g/mol. The third-order valence-corrected chi connectivity index (χ3v) is 7.57. The molecule has 9 heteroatoms. The fourth-order valence-electron chi connectivity index (χ4n) is 3.81. The van der Waals surface area contributed by atoms with E-state index < -0.39 is 5.25 Å². The minimum Gasteiger partial charge on any atom is -0.454 e. The van der Waals surface area contributed by atoms with Crippen LogP contribution in [0.5, 0.6) is 11.5 Å². The predicted molar refractivity (Wildman–Crippen MR) is 139 cm³/mol. The number of nitrogens with one attached hydrogen (secondary N) is 1. The van der Waals surface area contributed by atoms with Crippen LogP contribution in [0.15, 0.2) is 76.5 Å². The Morgan fingerprint density at radius 2 is 2.06 bits per heavy atom. The third kappa shape index (κ3) is 4.69. The van der Waals surface area contributed by atoms with E-state index in [0.29, 0.717) is 40.0 Å². The number of thiophene rings is 1. The van der Waals surface area contributed by atoms with E-state index in [2.05, 4.69) is 11.9 Å². The van der Waals surface area contributed by atoms with Gasteiger partial charge in [-0.25, -0.2) is 4.98 Å². The van der Waals surface area contributed by atoms with Crippen LogP contribution in [0.25, 0.3) is 21.3 Å². The average molecular weight is 506 g/mol. The van der Waals surface area contributed by atoms with Gasteiger partial charge in [0, 0.05) is 24.0 Å². The molecule has 5 rings (SSSR count). The molecule has 0 fully saturated rings. The van der Waals surface area contributed by atoms with Gasteiger partial charge in [-0.3, -0.25) is 14.2 Å². The number of ether oxygens (including phenoxy) is 2. The number of hydrogen-bond donors (Lipinski definition) is 1. The lowest BCUT2D eigenvalue weighted by Crippen LogP contribution is -2.31. The second-order valence-electron chi connectivity index (χ2n) is 7.96. The Balaban J connectivity index is 1.36. The lowest BCUT2D eigenvalue weighted by atomic mass is 10.1. The molecule has 7 nitrogen and oxygen atoms in total. The predicted octanol–water partition coefficient (Wildman–Crippen LogP) is 4.84. The minimum atomic E-state index is -0.460. The van der Waals surface area contributed by atoms with Crippen molar-refractivity contribution in [3.8, 4) is 22.6 Å². The van der Waals surface area contributed by atoms with Gasteiger partial charge in [0.15, 0.2) is 16.7 Å². The summed E-state index contributed by atoms with van der Waals surface area (Å²) in [7, 11) is 0. The van der Waals surface area contributed by atoms with Crippen LogP contribution in [0.3, 0.4) is 0 Å². The van der Waals surface area contributed by atoms with Crippen molar-refractivity contribution in [1.29, 1.82) is 0 Å². The van der Waals surface area contributed by atoms with Crippen molar-refractivity contribution in [2.24, 2.45) is 0 Å². The normalized spacial score (nSPS) is 13.1. The number of thioether (sulfide) groups is 1. The number of carbonyl (C=O) groups is 1.